The van der Waals surface area contributed by atoms with Gasteiger partial charge in [-0.2, -0.15) is 0 Å². The van der Waals surface area contributed by atoms with Crippen LogP contribution in [0.1, 0.15) is 13.3 Å². The number of anilines is 1. The van der Waals surface area contributed by atoms with Gasteiger partial charge in [0.15, 0.2) is 0 Å². The molecule has 74 valence electrons. The predicted octanol–water partition coefficient (Wildman–Crippen LogP) is 2.02. The largest absolute Gasteiger partial charge is 0.367 e. The fourth-order valence-corrected chi connectivity index (χ4v) is 1.39. The Balaban J connectivity index is 2.63. The number of aromatic nitrogens is 2. The molecule has 1 heterocycles. The third-order valence-electron chi connectivity index (χ3n) is 1.67. The van der Waals surface area contributed by atoms with Crippen molar-refractivity contribution in [3.63, 3.8) is 0 Å². The molecule has 14 heavy (non-hydrogen) atoms. The van der Waals surface area contributed by atoms with E-state index in [4.69, 9.17) is 6.42 Å². The molecule has 1 N–H and O–H groups in total. The van der Waals surface area contributed by atoms with Crippen LogP contribution in [-0.2, 0) is 0 Å². The van der Waals surface area contributed by atoms with Gasteiger partial charge in [-0.1, -0.05) is 0 Å². The molecular weight excluding hydrogens is 194 g/mol. The first-order valence-electron chi connectivity index (χ1n) is 4.32. The third-order valence-corrected chi connectivity index (χ3v) is 2.31. The van der Waals surface area contributed by atoms with E-state index >= 15 is 0 Å². The van der Waals surface area contributed by atoms with Gasteiger partial charge in [-0.05, 0) is 13.2 Å². The molecule has 1 aromatic rings. The summed E-state index contributed by atoms with van der Waals surface area (Å²) < 4.78 is 0. The van der Waals surface area contributed by atoms with Gasteiger partial charge in [0.2, 0.25) is 0 Å². The molecule has 4 heteroatoms. The van der Waals surface area contributed by atoms with E-state index in [2.05, 4.69) is 21.2 Å². The zero-order chi connectivity index (χ0) is 10.4. The average Bonchev–Trinajstić information content (AvgIpc) is 2.18. The van der Waals surface area contributed by atoms with Gasteiger partial charge in [0, 0.05) is 18.5 Å². The van der Waals surface area contributed by atoms with Crippen molar-refractivity contribution in [1.82, 2.24) is 9.97 Å². The fourth-order valence-electron chi connectivity index (χ4n) is 1.01. The lowest BCUT2D eigenvalue weighted by Gasteiger charge is -2.11. The van der Waals surface area contributed by atoms with Crippen LogP contribution in [0.25, 0.3) is 0 Å². The second-order valence-corrected chi connectivity index (χ2v) is 3.73. The monoisotopic (exact) mass is 207 g/mol. The molecule has 3 nitrogen and oxygen atoms in total. The lowest BCUT2D eigenvalue weighted by Crippen LogP contribution is -2.15. The highest BCUT2D eigenvalue weighted by Crippen LogP contribution is 2.14. The quantitative estimate of drug-likeness (QED) is 0.465. The molecule has 1 atom stereocenters. The standard InChI is InChI=1S/C10H13N3S/c1-4-5-8(2)13-9-6-10(14-3)12-7-11-9/h1,6-8H,5H2,2-3H3,(H,11,12,13). The van der Waals surface area contributed by atoms with Crippen LogP contribution in [0, 0.1) is 12.3 Å². The summed E-state index contributed by atoms with van der Waals surface area (Å²) in [6, 6.07) is 2.15. The van der Waals surface area contributed by atoms with Crippen molar-refractivity contribution < 1.29 is 0 Å². The number of thioether (sulfide) groups is 1. The molecule has 0 bridgehead atoms. The van der Waals surface area contributed by atoms with E-state index in [1.807, 2.05) is 19.2 Å². The summed E-state index contributed by atoms with van der Waals surface area (Å²) in [5.41, 5.74) is 0. The summed E-state index contributed by atoms with van der Waals surface area (Å²) in [4.78, 5) is 8.19. The van der Waals surface area contributed by atoms with Gasteiger partial charge >= 0.3 is 0 Å². The lowest BCUT2D eigenvalue weighted by molar-refractivity contribution is 0.817. The van der Waals surface area contributed by atoms with Crippen LogP contribution in [-0.4, -0.2) is 22.3 Å². The van der Waals surface area contributed by atoms with E-state index in [0.29, 0.717) is 6.42 Å². The van der Waals surface area contributed by atoms with Crippen LogP contribution >= 0.6 is 11.8 Å². The van der Waals surface area contributed by atoms with Crippen molar-refractivity contribution in [2.45, 2.75) is 24.4 Å². The van der Waals surface area contributed by atoms with E-state index in [1.165, 1.54) is 0 Å². The normalized spacial score (nSPS) is 11.8. The Morgan fingerprint density at radius 1 is 1.64 bits per heavy atom. The first-order chi connectivity index (χ1) is 6.76. The fraction of sp³-hybridized carbons (Fsp3) is 0.400. The molecule has 0 saturated carbocycles. The number of nitrogens with one attached hydrogen (secondary N) is 1. The number of nitrogens with zero attached hydrogens (tertiary/aromatic N) is 2. The Hall–Kier alpha value is -1.21. The van der Waals surface area contributed by atoms with Crippen molar-refractivity contribution in [2.75, 3.05) is 11.6 Å². The Morgan fingerprint density at radius 2 is 2.43 bits per heavy atom. The van der Waals surface area contributed by atoms with E-state index in [1.54, 1.807) is 18.1 Å². The van der Waals surface area contributed by atoms with Crippen molar-refractivity contribution in [2.24, 2.45) is 0 Å². The second-order valence-electron chi connectivity index (χ2n) is 2.90. The van der Waals surface area contributed by atoms with E-state index in [9.17, 15) is 0 Å². The van der Waals surface area contributed by atoms with Crippen molar-refractivity contribution in [3.05, 3.63) is 12.4 Å². The zero-order valence-electron chi connectivity index (χ0n) is 8.32. The number of hydrogen-bond donors (Lipinski definition) is 1. The molecule has 0 spiro atoms. The van der Waals surface area contributed by atoms with Gasteiger partial charge in [0.1, 0.15) is 17.2 Å². The van der Waals surface area contributed by atoms with E-state index in [0.717, 1.165) is 10.8 Å². The van der Waals surface area contributed by atoms with Crippen LogP contribution in [0.5, 0.6) is 0 Å². The number of rotatable bonds is 4. The molecule has 0 fully saturated rings. The summed E-state index contributed by atoms with van der Waals surface area (Å²) in [5, 5.41) is 4.16. The molecular formula is C10H13N3S. The summed E-state index contributed by atoms with van der Waals surface area (Å²) >= 11 is 1.59. The summed E-state index contributed by atoms with van der Waals surface area (Å²) in [6.07, 6.45) is 9.44. The summed E-state index contributed by atoms with van der Waals surface area (Å²) in [6.45, 7) is 2.03. The van der Waals surface area contributed by atoms with Gasteiger partial charge < -0.3 is 5.32 Å². The number of terminal acetylenes is 1. The first kappa shape index (κ1) is 10.9. The number of hydrogen-bond acceptors (Lipinski definition) is 4. The van der Waals surface area contributed by atoms with Gasteiger partial charge in [-0.15, -0.1) is 24.1 Å². The minimum atomic E-state index is 0.240. The molecule has 1 aromatic heterocycles. The maximum Gasteiger partial charge on any atom is 0.130 e. The molecule has 0 radical (unpaired) electrons. The molecule has 0 amide bonds. The zero-order valence-corrected chi connectivity index (χ0v) is 9.14. The molecule has 0 aromatic carbocycles. The van der Waals surface area contributed by atoms with Crippen molar-refractivity contribution in [1.29, 1.82) is 0 Å². The van der Waals surface area contributed by atoms with Crippen LogP contribution in [0.4, 0.5) is 5.82 Å². The maximum absolute atomic E-state index is 5.21. The predicted molar refractivity (Wildman–Crippen MR) is 60.3 cm³/mol. The van der Waals surface area contributed by atoms with Crippen molar-refractivity contribution >= 4 is 17.6 Å². The summed E-state index contributed by atoms with van der Waals surface area (Å²) in [7, 11) is 0. The SMILES string of the molecule is C#CCC(C)Nc1cc(SC)ncn1. The average molecular weight is 207 g/mol. The van der Waals surface area contributed by atoms with Crippen LogP contribution in [0.3, 0.4) is 0 Å². The minimum absolute atomic E-state index is 0.240. The van der Waals surface area contributed by atoms with Gasteiger partial charge in [0.25, 0.3) is 0 Å². The van der Waals surface area contributed by atoms with E-state index < -0.39 is 0 Å². The maximum atomic E-state index is 5.21. The Bertz CT molecular complexity index is 332. The molecule has 1 rings (SSSR count). The molecule has 1 unspecified atom stereocenters. The first-order valence-corrected chi connectivity index (χ1v) is 5.54. The summed E-state index contributed by atoms with van der Waals surface area (Å²) in [5.74, 6) is 3.43. The van der Waals surface area contributed by atoms with Crippen LogP contribution in [0.2, 0.25) is 0 Å². The Labute approximate surface area is 88.7 Å². The highest BCUT2D eigenvalue weighted by atomic mass is 32.2. The highest BCUT2D eigenvalue weighted by molar-refractivity contribution is 7.98. The smallest absolute Gasteiger partial charge is 0.130 e. The molecule has 0 aliphatic carbocycles. The van der Waals surface area contributed by atoms with E-state index in [-0.39, 0.29) is 6.04 Å². The lowest BCUT2D eigenvalue weighted by atomic mass is 10.2. The van der Waals surface area contributed by atoms with Crippen LogP contribution in [0.15, 0.2) is 17.4 Å². The topological polar surface area (TPSA) is 37.8 Å². The Kier molecular flexibility index (Phi) is 4.27. The third kappa shape index (κ3) is 3.27. The highest BCUT2D eigenvalue weighted by Gasteiger charge is 2.01. The second kappa shape index (κ2) is 5.51. The minimum Gasteiger partial charge on any atom is -0.367 e. The van der Waals surface area contributed by atoms with Crippen molar-refractivity contribution in [3.8, 4) is 12.3 Å². The van der Waals surface area contributed by atoms with Gasteiger partial charge in [-0.3, -0.25) is 0 Å². The Morgan fingerprint density at radius 3 is 3.07 bits per heavy atom. The molecule has 0 aliphatic heterocycles. The van der Waals surface area contributed by atoms with Gasteiger partial charge in [-0.25, -0.2) is 9.97 Å². The van der Waals surface area contributed by atoms with Gasteiger partial charge in [0.05, 0.1) is 0 Å². The van der Waals surface area contributed by atoms with Crippen LogP contribution < -0.4 is 5.32 Å². The molecule has 0 aliphatic rings. The molecule has 0 saturated heterocycles.